The zero-order chi connectivity index (χ0) is 16.4. The lowest BCUT2D eigenvalue weighted by atomic mass is 9.92. The Morgan fingerprint density at radius 2 is 2.30 bits per heavy atom. The van der Waals surface area contributed by atoms with Crippen LogP contribution in [0.3, 0.4) is 0 Å². The van der Waals surface area contributed by atoms with E-state index in [1.807, 2.05) is 25.3 Å². The largest absolute Gasteiger partial charge is 0.371 e. The molecule has 0 saturated carbocycles. The van der Waals surface area contributed by atoms with E-state index in [4.69, 9.17) is 17.3 Å². The molecule has 2 aromatic rings. The first-order valence-corrected chi connectivity index (χ1v) is 8.50. The Balaban J connectivity index is 1.89. The summed E-state index contributed by atoms with van der Waals surface area (Å²) in [5.74, 6) is 0.304. The molecule has 2 heterocycles. The fraction of sp³-hybridized carbons (Fsp3) is 0.444. The predicted octanol–water partition coefficient (Wildman–Crippen LogP) is 3.68. The van der Waals surface area contributed by atoms with Crippen molar-refractivity contribution in [1.29, 1.82) is 0 Å². The van der Waals surface area contributed by atoms with Gasteiger partial charge in [0.25, 0.3) is 0 Å². The van der Waals surface area contributed by atoms with E-state index >= 15 is 0 Å². The Kier molecular flexibility index (Phi) is 4.71. The van der Waals surface area contributed by atoms with Crippen LogP contribution in [-0.2, 0) is 4.79 Å². The van der Waals surface area contributed by atoms with E-state index in [-0.39, 0.29) is 5.91 Å². The number of anilines is 1. The SMILES string of the molecule is Cc1cc(Cl)cc2c(N3CCCC(CCC(N)=O)C3)ccnc12. The third-order valence-corrected chi connectivity index (χ3v) is 4.85. The summed E-state index contributed by atoms with van der Waals surface area (Å²) in [5, 5.41) is 1.85. The van der Waals surface area contributed by atoms with Crippen molar-refractivity contribution in [3.63, 3.8) is 0 Å². The molecule has 2 N–H and O–H groups in total. The van der Waals surface area contributed by atoms with Gasteiger partial charge in [0.1, 0.15) is 0 Å². The number of amides is 1. The van der Waals surface area contributed by atoms with E-state index in [1.54, 1.807) is 0 Å². The number of nitrogens with two attached hydrogens (primary N) is 1. The van der Waals surface area contributed by atoms with Crippen molar-refractivity contribution in [3.8, 4) is 0 Å². The van der Waals surface area contributed by atoms with Crippen LogP contribution >= 0.6 is 11.6 Å². The van der Waals surface area contributed by atoms with Gasteiger partial charge in [-0.15, -0.1) is 0 Å². The first kappa shape index (κ1) is 16.1. The van der Waals surface area contributed by atoms with Crippen LogP contribution in [0.2, 0.25) is 5.02 Å². The molecule has 1 aliphatic rings. The minimum Gasteiger partial charge on any atom is -0.371 e. The molecule has 1 atom stereocenters. The average molecular weight is 332 g/mol. The highest BCUT2D eigenvalue weighted by Gasteiger charge is 2.22. The average Bonchev–Trinajstić information content (AvgIpc) is 2.52. The van der Waals surface area contributed by atoms with E-state index in [9.17, 15) is 4.79 Å². The molecule has 1 unspecified atom stereocenters. The van der Waals surface area contributed by atoms with Crippen LogP contribution in [-0.4, -0.2) is 24.0 Å². The third kappa shape index (κ3) is 3.58. The highest BCUT2D eigenvalue weighted by molar-refractivity contribution is 6.31. The molecule has 1 aliphatic heterocycles. The fourth-order valence-corrected chi connectivity index (χ4v) is 3.79. The van der Waals surface area contributed by atoms with Crippen LogP contribution in [0.15, 0.2) is 24.4 Å². The quantitative estimate of drug-likeness (QED) is 0.929. The lowest BCUT2D eigenvalue weighted by Gasteiger charge is -2.35. The maximum absolute atomic E-state index is 11.0. The van der Waals surface area contributed by atoms with Gasteiger partial charge in [0.15, 0.2) is 0 Å². The highest BCUT2D eigenvalue weighted by Crippen LogP contribution is 2.33. The topological polar surface area (TPSA) is 59.2 Å². The van der Waals surface area contributed by atoms with Gasteiger partial charge in [-0.3, -0.25) is 9.78 Å². The van der Waals surface area contributed by atoms with E-state index in [0.717, 1.165) is 53.8 Å². The summed E-state index contributed by atoms with van der Waals surface area (Å²) in [6.45, 7) is 4.02. The second-order valence-corrected chi connectivity index (χ2v) is 6.84. The number of rotatable bonds is 4. The summed E-state index contributed by atoms with van der Waals surface area (Å²) >= 11 is 6.25. The Hall–Kier alpha value is -1.81. The molecular formula is C18H22ClN3O. The van der Waals surface area contributed by atoms with E-state index in [0.29, 0.717) is 12.3 Å². The van der Waals surface area contributed by atoms with Crippen molar-refractivity contribution in [1.82, 2.24) is 4.98 Å². The molecule has 1 saturated heterocycles. The van der Waals surface area contributed by atoms with Crippen LogP contribution in [0.25, 0.3) is 10.9 Å². The van der Waals surface area contributed by atoms with Crippen LogP contribution in [0.5, 0.6) is 0 Å². The lowest BCUT2D eigenvalue weighted by molar-refractivity contribution is -0.118. The third-order valence-electron chi connectivity index (χ3n) is 4.64. The zero-order valence-corrected chi connectivity index (χ0v) is 14.1. The van der Waals surface area contributed by atoms with Gasteiger partial charge in [0, 0.05) is 41.8 Å². The van der Waals surface area contributed by atoms with Crippen molar-refractivity contribution in [3.05, 3.63) is 35.0 Å². The zero-order valence-electron chi connectivity index (χ0n) is 13.4. The van der Waals surface area contributed by atoms with Gasteiger partial charge in [-0.25, -0.2) is 0 Å². The summed E-state index contributed by atoms with van der Waals surface area (Å²) < 4.78 is 0. The molecule has 1 aromatic carbocycles. The standard InChI is InChI=1S/C18H22ClN3O/c1-12-9-14(19)10-15-16(6-7-21-18(12)15)22-8-2-3-13(11-22)4-5-17(20)23/h6-7,9-10,13H,2-5,8,11H2,1H3,(H2,20,23). The monoisotopic (exact) mass is 331 g/mol. The van der Waals surface area contributed by atoms with Crippen molar-refractivity contribution in [2.45, 2.75) is 32.6 Å². The number of benzene rings is 1. The van der Waals surface area contributed by atoms with E-state index < -0.39 is 0 Å². The van der Waals surface area contributed by atoms with Gasteiger partial charge in [-0.05, 0) is 55.9 Å². The van der Waals surface area contributed by atoms with Gasteiger partial charge in [0.2, 0.25) is 5.91 Å². The molecule has 3 rings (SSSR count). The molecule has 23 heavy (non-hydrogen) atoms. The van der Waals surface area contributed by atoms with Gasteiger partial charge >= 0.3 is 0 Å². The Bertz CT molecular complexity index is 732. The minimum absolute atomic E-state index is 0.209. The predicted molar refractivity (Wildman–Crippen MR) is 94.9 cm³/mol. The summed E-state index contributed by atoms with van der Waals surface area (Å²) in [6, 6.07) is 6.01. The highest BCUT2D eigenvalue weighted by atomic mass is 35.5. The van der Waals surface area contributed by atoms with Crippen molar-refractivity contribution < 1.29 is 4.79 Å². The van der Waals surface area contributed by atoms with Crippen LogP contribution < -0.4 is 10.6 Å². The molecular weight excluding hydrogens is 310 g/mol. The second kappa shape index (κ2) is 6.75. The number of hydrogen-bond donors (Lipinski definition) is 1. The normalized spacial score (nSPS) is 18.3. The summed E-state index contributed by atoms with van der Waals surface area (Å²) in [6.07, 6.45) is 5.50. The molecule has 122 valence electrons. The Labute approximate surface area is 141 Å². The van der Waals surface area contributed by atoms with Gasteiger partial charge < -0.3 is 10.6 Å². The molecule has 1 aromatic heterocycles. The molecule has 0 aliphatic carbocycles. The van der Waals surface area contributed by atoms with E-state index in [2.05, 4.69) is 16.0 Å². The number of halogens is 1. The maximum atomic E-state index is 11.0. The summed E-state index contributed by atoms with van der Waals surface area (Å²) in [4.78, 5) is 17.9. The number of piperidine rings is 1. The number of aromatic nitrogens is 1. The van der Waals surface area contributed by atoms with Crippen molar-refractivity contribution in [2.75, 3.05) is 18.0 Å². The fourth-order valence-electron chi connectivity index (χ4n) is 3.52. The molecule has 4 nitrogen and oxygen atoms in total. The molecule has 0 bridgehead atoms. The van der Waals surface area contributed by atoms with Gasteiger partial charge in [0.05, 0.1) is 5.52 Å². The van der Waals surface area contributed by atoms with Crippen molar-refractivity contribution >= 4 is 34.1 Å². The molecule has 0 radical (unpaired) electrons. The number of hydrogen-bond acceptors (Lipinski definition) is 3. The Morgan fingerprint density at radius 1 is 1.48 bits per heavy atom. The maximum Gasteiger partial charge on any atom is 0.217 e. The Morgan fingerprint density at radius 3 is 3.09 bits per heavy atom. The molecule has 0 spiro atoms. The first-order chi connectivity index (χ1) is 11.0. The van der Waals surface area contributed by atoms with E-state index in [1.165, 1.54) is 5.69 Å². The number of nitrogens with zero attached hydrogens (tertiary/aromatic N) is 2. The number of aryl methyl sites for hydroxylation is 1. The first-order valence-electron chi connectivity index (χ1n) is 8.12. The van der Waals surface area contributed by atoms with Crippen LogP contribution in [0.1, 0.15) is 31.2 Å². The number of pyridine rings is 1. The molecule has 1 fully saturated rings. The van der Waals surface area contributed by atoms with Gasteiger partial charge in [-0.1, -0.05) is 11.6 Å². The summed E-state index contributed by atoms with van der Waals surface area (Å²) in [7, 11) is 0. The smallest absolute Gasteiger partial charge is 0.217 e. The van der Waals surface area contributed by atoms with Crippen LogP contribution in [0.4, 0.5) is 5.69 Å². The van der Waals surface area contributed by atoms with Crippen molar-refractivity contribution in [2.24, 2.45) is 11.7 Å². The molecule has 1 amide bonds. The minimum atomic E-state index is -0.209. The van der Waals surface area contributed by atoms with Crippen LogP contribution in [0, 0.1) is 12.8 Å². The number of carbonyl (C=O) groups is 1. The second-order valence-electron chi connectivity index (χ2n) is 6.41. The summed E-state index contributed by atoms with van der Waals surface area (Å²) in [5.41, 5.74) is 8.57. The number of carbonyl (C=O) groups excluding carboxylic acids is 1. The van der Waals surface area contributed by atoms with Gasteiger partial charge in [-0.2, -0.15) is 0 Å². The molecule has 5 heteroatoms. The number of primary amides is 1. The lowest BCUT2D eigenvalue weighted by Crippen LogP contribution is -2.36. The number of fused-ring (bicyclic) bond motifs is 1.